The molecule has 1 aliphatic rings. The second kappa shape index (κ2) is 6.31. The Morgan fingerprint density at radius 2 is 2.39 bits per heavy atom. The molecule has 1 heterocycles. The van der Waals surface area contributed by atoms with Gasteiger partial charge in [-0.3, -0.25) is 9.58 Å². The SMILES string of the molecule is CN(Cc1cnn(CCO)c1)C1CCCC1CN. The van der Waals surface area contributed by atoms with E-state index < -0.39 is 0 Å². The summed E-state index contributed by atoms with van der Waals surface area (Å²) >= 11 is 0. The van der Waals surface area contributed by atoms with Gasteiger partial charge in [0.25, 0.3) is 0 Å². The number of aliphatic hydroxyl groups is 1. The van der Waals surface area contributed by atoms with E-state index >= 15 is 0 Å². The number of aromatic nitrogens is 2. The highest BCUT2D eigenvalue weighted by Gasteiger charge is 2.29. The van der Waals surface area contributed by atoms with Crippen molar-refractivity contribution in [3.8, 4) is 0 Å². The minimum absolute atomic E-state index is 0.134. The van der Waals surface area contributed by atoms with Gasteiger partial charge in [-0.1, -0.05) is 6.42 Å². The van der Waals surface area contributed by atoms with Crippen LogP contribution in [0, 0.1) is 5.92 Å². The molecule has 2 atom stereocenters. The summed E-state index contributed by atoms with van der Waals surface area (Å²) in [5.41, 5.74) is 7.03. The largest absolute Gasteiger partial charge is 0.394 e. The Hall–Kier alpha value is -0.910. The van der Waals surface area contributed by atoms with Gasteiger partial charge < -0.3 is 10.8 Å². The minimum atomic E-state index is 0.134. The van der Waals surface area contributed by atoms with Crippen molar-refractivity contribution in [1.29, 1.82) is 0 Å². The smallest absolute Gasteiger partial charge is 0.0640 e. The first-order valence-electron chi connectivity index (χ1n) is 6.77. The van der Waals surface area contributed by atoms with Crippen LogP contribution in [0.2, 0.25) is 0 Å². The second-order valence-corrected chi connectivity index (χ2v) is 5.24. The standard InChI is InChI=1S/C13H24N4O/c1-16(13-4-2-3-12(13)7-14)9-11-8-15-17(10-11)5-6-18/h8,10,12-13,18H,2-7,9,14H2,1H3. The van der Waals surface area contributed by atoms with E-state index in [0.29, 0.717) is 18.5 Å². The van der Waals surface area contributed by atoms with E-state index in [2.05, 4.69) is 17.0 Å². The van der Waals surface area contributed by atoms with E-state index in [1.807, 2.05) is 12.4 Å². The molecule has 0 amide bonds. The molecule has 5 heteroatoms. The number of aliphatic hydroxyl groups excluding tert-OH is 1. The number of rotatable bonds is 6. The molecular formula is C13H24N4O. The lowest BCUT2D eigenvalue weighted by Gasteiger charge is -2.28. The molecule has 1 aromatic rings. The van der Waals surface area contributed by atoms with Crippen molar-refractivity contribution in [2.24, 2.45) is 11.7 Å². The molecule has 5 nitrogen and oxygen atoms in total. The van der Waals surface area contributed by atoms with Gasteiger partial charge in [0.05, 0.1) is 19.3 Å². The van der Waals surface area contributed by atoms with Crippen molar-refractivity contribution in [3.05, 3.63) is 18.0 Å². The molecule has 1 fully saturated rings. The van der Waals surface area contributed by atoms with Gasteiger partial charge in [-0.25, -0.2) is 0 Å². The fraction of sp³-hybridized carbons (Fsp3) is 0.769. The van der Waals surface area contributed by atoms with Crippen molar-refractivity contribution in [3.63, 3.8) is 0 Å². The van der Waals surface area contributed by atoms with Gasteiger partial charge in [0.15, 0.2) is 0 Å². The fourth-order valence-corrected chi connectivity index (χ4v) is 2.99. The number of nitrogens with zero attached hydrogens (tertiary/aromatic N) is 3. The Balaban J connectivity index is 1.91. The van der Waals surface area contributed by atoms with E-state index in [1.54, 1.807) is 4.68 Å². The topological polar surface area (TPSA) is 67.3 Å². The van der Waals surface area contributed by atoms with Crippen LogP contribution in [0.3, 0.4) is 0 Å². The van der Waals surface area contributed by atoms with Gasteiger partial charge in [0.2, 0.25) is 0 Å². The third kappa shape index (κ3) is 3.10. The number of nitrogens with two attached hydrogens (primary N) is 1. The fourth-order valence-electron chi connectivity index (χ4n) is 2.99. The Morgan fingerprint density at radius 3 is 3.11 bits per heavy atom. The van der Waals surface area contributed by atoms with Crippen LogP contribution in [0.25, 0.3) is 0 Å². The van der Waals surface area contributed by atoms with Crippen LogP contribution in [0.15, 0.2) is 12.4 Å². The summed E-state index contributed by atoms with van der Waals surface area (Å²) < 4.78 is 1.79. The molecule has 0 spiro atoms. The summed E-state index contributed by atoms with van der Waals surface area (Å²) in [6, 6.07) is 0.608. The molecule has 0 aromatic carbocycles. The van der Waals surface area contributed by atoms with Crippen molar-refractivity contribution < 1.29 is 5.11 Å². The van der Waals surface area contributed by atoms with Crippen LogP contribution >= 0.6 is 0 Å². The zero-order valence-corrected chi connectivity index (χ0v) is 11.1. The van der Waals surface area contributed by atoms with E-state index in [9.17, 15) is 0 Å². The maximum absolute atomic E-state index is 8.86. The van der Waals surface area contributed by atoms with Crippen LogP contribution < -0.4 is 5.73 Å². The summed E-state index contributed by atoms with van der Waals surface area (Å²) in [4.78, 5) is 2.39. The maximum atomic E-state index is 8.86. The molecule has 0 radical (unpaired) electrons. The van der Waals surface area contributed by atoms with Crippen molar-refractivity contribution >= 4 is 0 Å². The number of hydrogen-bond donors (Lipinski definition) is 2. The van der Waals surface area contributed by atoms with E-state index in [1.165, 1.54) is 24.8 Å². The van der Waals surface area contributed by atoms with Crippen LogP contribution in [-0.4, -0.2) is 46.0 Å². The van der Waals surface area contributed by atoms with Gasteiger partial charge >= 0.3 is 0 Å². The highest BCUT2D eigenvalue weighted by Crippen LogP contribution is 2.29. The first-order valence-corrected chi connectivity index (χ1v) is 6.77. The number of hydrogen-bond acceptors (Lipinski definition) is 4. The molecule has 3 N–H and O–H groups in total. The summed E-state index contributed by atoms with van der Waals surface area (Å²) in [6.45, 7) is 2.40. The van der Waals surface area contributed by atoms with Gasteiger partial charge in [0.1, 0.15) is 0 Å². The summed E-state index contributed by atoms with van der Waals surface area (Å²) in [6.07, 6.45) is 7.71. The molecule has 102 valence electrons. The highest BCUT2D eigenvalue weighted by atomic mass is 16.3. The zero-order valence-electron chi connectivity index (χ0n) is 11.1. The first kappa shape index (κ1) is 13.5. The van der Waals surface area contributed by atoms with Crippen LogP contribution in [-0.2, 0) is 13.1 Å². The predicted molar refractivity (Wildman–Crippen MR) is 71.0 cm³/mol. The lowest BCUT2D eigenvalue weighted by Crippen LogP contribution is -2.37. The highest BCUT2D eigenvalue weighted by molar-refractivity contribution is 5.04. The normalized spacial score (nSPS) is 24.0. The molecule has 1 aliphatic carbocycles. The Morgan fingerprint density at radius 1 is 1.56 bits per heavy atom. The van der Waals surface area contributed by atoms with Crippen molar-refractivity contribution in [1.82, 2.24) is 14.7 Å². The lowest BCUT2D eigenvalue weighted by atomic mass is 10.0. The average molecular weight is 252 g/mol. The molecule has 1 saturated carbocycles. The van der Waals surface area contributed by atoms with Gasteiger partial charge in [-0.15, -0.1) is 0 Å². The van der Waals surface area contributed by atoms with Gasteiger partial charge in [-0.05, 0) is 32.4 Å². The monoisotopic (exact) mass is 252 g/mol. The van der Waals surface area contributed by atoms with Crippen molar-refractivity contribution in [2.75, 3.05) is 20.2 Å². The van der Waals surface area contributed by atoms with Crippen LogP contribution in [0.1, 0.15) is 24.8 Å². The third-order valence-corrected chi connectivity index (χ3v) is 3.94. The molecule has 0 aliphatic heterocycles. The van der Waals surface area contributed by atoms with Crippen molar-refractivity contribution in [2.45, 2.75) is 38.4 Å². The third-order valence-electron chi connectivity index (χ3n) is 3.94. The second-order valence-electron chi connectivity index (χ2n) is 5.24. The van der Waals surface area contributed by atoms with E-state index in [0.717, 1.165) is 13.1 Å². The minimum Gasteiger partial charge on any atom is -0.394 e. The summed E-state index contributed by atoms with van der Waals surface area (Å²) in [5, 5.41) is 13.1. The van der Waals surface area contributed by atoms with E-state index in [-0.39, 0.29) is 6.61 Å². The first-order chi connectivity index (χ1) is 8.74. The van der Waals surface area contributed by atoms with Gasteiger partial charge in [0, 0.05) is 24.3 Å². The zero-order chi connectivity index (χ0) is 13.0. The molecule has 2 unspecified atom stereocenters. The quantitative estimate of drug-likeness (QED) is 0.770. The Bertz CT molecular complexity index is 366. The predicted octanol–water partition coefficient (Wildman–Crippen LogP) is 0.435. The molecular weight excluding hydrogens is 228 g/mol. The van der Waals surface area contributed by atoms with E-state index in [4.69, 9.17) is 10.8 Å². The molecule has 18 heavy (non-hydrogen) atoms. The molecule has 1 aromatic heterocycles. The molecule has 0 bridgehead atoms. The maximum Gasteiger partial charge on any atom is 0.0640 e. The van der Waals surface area contributed by atoms with Crippen LogP contribution in [0.5, 0.6) is 0 Å². The molecule has 2 rings (SSSR count). The Kier molecular flexibility index (Phi) is 4.74. The summed E-state index contributed by atoms with van der Waals surface area (Å²) in [5.74, 6) is 0.641. The van der Waals surface area contributed by atoms with Gasteiger partial charge in [-0.2, -0.15) is 5.10 Å². The molecule has 0 saturated heterocycles. The van der Waals surface area contributed by atoms with Crippen LogP contribution in [0.4, 0.5) is 0 Å². The Labute approximate surface area is 109 Å². The lowest BCUT2D eigenvalue weighted by molar-refractivity contribution is 0.192. The average Bonchev–Trinajstić information content (AvgIpc) is 2.98. The summed E-state index contributed by atoms with van der Waals surface area (Å²) in [7, 11) is 2.17.